The van der Waals surface area contributed by atoms with E-state index in [1.54, 1.807) is 0 Å². The Morgan fingerprint density at radius 1 is 1.23 bits per heavy atom. The lowest BCUT2D eigenvalue weighted by atomic mass is 9.56. The summed E-state index contributed by atoms with van der Waals surface area (Å²) in [6.07, 6.45) is 3.89. The van der Waals surface area contributed by atoms with Gasteiger partial charge in [0.15, 0.2) is 0 Å². The number of nitrogens with one attached hydrogen (secondary N) is 2. The van der Waals surface area contributed by atoms with Crippen molar-refractivity contribution < 1.29 is 0 Å². The summed E-state index contributed by atoms with van der Waals surface area (Å²) in [5, 5.41) is 10.9. The number of aryl methyl sites for hydroxylation is 1. The molecule has 3 heterocycles. The van der Waals surface area contributed by atoms with Gasteiger partial charge in [0.25, 0.3) is 0 Å². The summed E-state index contributed by atoms with van der Waals surface area (Å²) >= 11 is 0. The Balaban J connectivity index is 1.61. The van der Waals surface area contributed by atoms with Crippen LogP contribution in [0.2, 0.25) is 0 Å². The van der Waals surface area contributed by atoms with Crippen LogP contribution in [0.1, 0.15) is 45.0 Å². The van der Waals surface area contributed by atoms with Crippen LogP contribution in [0, 0.1) is 23.2 Å². The first-order valence-corrected chi connectivity index (χ1v) is 9.30. The average molecular weight is 349 g/mol. The summed E-state index contributed by atoms with van der Waals surface area (Å²) in [6, 6.07) is 10.4. The molecule has 5 nitrogen and oxygen atoms in total. The fraction of sp³-hybridized carbons (Fsp3) is 0.476. The molecule has 5 rings (SSSR count). The second-order valence-electron chi connectivity index (χ2n) is 8.74. The van der Waals surface area contributed by atoms with Crippen LogP contribution in [0.25, 0.3) is 0 Å². The van der Waals surface area contributed by atoms with Gasteiger partial charge in [0.05, 0.1) is 0 Å². The van der Waals surface area contributed by atoms with Gasteiger partial charge in [-0.05, 0) is 36.7 Å². The molecule has 5 heteroatoms. The van der Waals surface area contributed by atoms with Crippen LogP contribution < -0.4 is 10.2 Å². The third-order valence-corrected chi connectivity index (χ3v) is 6.26. The highest BCUT2D eigenvalue weighted by Crippen LogP contribution is 2.61. The molecular formula is C21H27N5. The molecule has 2 saturated heterocycles. The fourth-order valence-corrected chi connectivity index (χ4v) is 4.40. The Hall–Kier alpha value is -2.43. The minimum absolute atomic E-state index is 0.324. The van der Waals surface area contributed by atoms with Crippen molar-refractivity contribution in [1.82, 2.24) is 9.97 Å². The summed E-state index contributed by atoms with van der Waals surface area (Å²) in [5.41, 5.74) is 2.48. The number of para-hydroxylation sites is 1. The predicted molar refractivity (Wildman–Crippen MR) is 107 cm³/mol. The van der Waals surface area contributed by atoms with E-state index in [0.717, 1.165) is 35.3 Å². The van der Waals surface area contributed by atoms with Gasteiger partial charge < -0.3 is 15.6 Å². The lowest BCUT2D eigenvalue weighted by molar-refractivity contribution is 0.0440. The van der Waals surface area contributed by atoms with E-state index in [4.69, 9.17) is 10.4 Å². The van der Waals surface area contributed by atoms with E-state index in [9.17, 15) is 0 Å². The quantitative estimate of drug-likeness (QED) is 0.795. The zero-order valence-electron chi connectivity index (χ0n) is 16.0. The molecule has 136 valence electrons. The number of rotatable bonds is 4. The van der Waals surface area contributed by atoms with Gasteiger partial charge in [0, 0.05) is 36.1 Å². The monoisotopic (exact) mass is 349 g/mol. The van der Waals surface area contributed by atoms with Crippen molar-refractivity contribution in [2.24, 2.45) is 10.8 Å². The maximum absolute atomic E-state index is 7.58. The summed E-state index contributed by atoms with van der Waals surface area (Å²) in [5.74, 6) is 2.57. The van der Waals surface area contributed by atoms with E-state index >= 15 is 0 Å². The van der Waals surface area contributed by atoms with Crippen LogP contribution in [-0.2, 0) is 0 Å². The topological polar surface area (TPSA) is 64.9 Å². The number of nitrogens with zero attached hydrogens (tertiary/aromatic N) is 3. The van der Waals surface area contributed by atoms with E-state index in [-0.39, 0.29) is 0 Å². The molecular weight excluding hydrogens is 322 g/mol. The van der Waals surface area contributed by atoms with Crippen LogP contribution >= 0.6 is 0 Å². The molecule has 2 aliphatic heterocycles. The molecule has 2 bridgehead atoms. The smallest absolute Gasteiger partial charge is 0.136 e. The van der Waals surface area contributed by atoms with Crippen molar-refractivity contribution in [2.45, 2.75) is 46.6 Å². The minimum Gasteiger partial charge on any atom is -0.353 e. The molecule has 3 fully saturated rings. The highest BCUT2D eigenvalue weighted by atomic mass is 15.3. The largest absolute Gasteiger partial charge is 0.353 e. The Labute approximate surface area is 155 Å². The van der Waals surface area contributed by atoms with E-state index < -0.39 is 0 Å². The van der Waals surface area contributed by atoms with Crippen LogP contribution in [0.3, 0.4) is 0 Å². The van der Waals surface area contributed by atoms with Gasteiger partial charge in [-0.25, -0.2) is 9.97 Å². The average Bonchev–Trinajstić information content (AvgIpc) is 3.11. The molecule has 0 atom stereocenters. The van der Waals surface area contributed by atoms with Crippen molar-refractivity contribution >= 4 is 23.5 Å². The molecule has 0 amide bonds. The summed E-state index contributed by atoms with van der Waals surface area (Å²) in [7, 11) is 0. The van der Waals surface area contributed by atoms with Crippen molar-refractivity contribution in [3.05, 3.63) is 41.7 Å². The Bertz CT molecular complexity index is 846. The Morgan fingerprint density at radius 3 is 2.62 bits per heavy atom. The van der Waals surface area contributed by atoms with Gasteiger partial charge in [-0.15, -0.1) is 0 Å². The molecule has 1 aromatic heterocycles. The molecule has 2 aromatic rings. The van der Waals surface area contributed by atoms with Crippen LogP contribution in [0.5, 0.6) is 0 Å². The molecule has 1 aromatic carbocycles. The summed E-state index contributed by atoms with van der Waals surface area (Å²) in [4.78, 5) is 11.7. The summed E-state index contributed by atoms with van der Waals surface area (Å²) in [6.45, 7) is 10.1. The minimum atomic E-state index is 0.324. The van der Waals surface area contributed by atoms with Gasteiger partial charge in [0.2, 0.25) is 0 Å². The second kappa shape index (κ2) is 5.79. The van der Waals surface area contributed by atoms with Crippen molar-refractivity contribution in [2.75, 3.05) is 16.8 Å². The van der Waals surface area contributed by atoms with E-state index in [0.29, 0.717) is 16.9 Å². The van der Waals surface area contributed by atoms with Crippen molar-refractivity contribution in [3.63, 3.8) is 0 Å². The highest BCUT2D eigenvalue weighted by molar-refractivity contribution is 5.87. The van der Waals surface area contributed by atoms with Gasteiger partial charge in [0.1, 0.15) is 17.5 Å². The molecule has 3 aliphatic rings. The Kier molecular flexibility index (Phi) is 3.79. The highest BCUT2D eigenvalue weighted by Gasteiger charge is 2.60. The van der Waals surface area contributed by atoms with Crippen molar-refractivity contribution in [1.29, 1.82) is 5.41 Å². The molecule has 26 heavy (non-hydrogen) atoms. The lowest BCUT2D eigenvalue weighted by Crippen LogP contribution is -2.44. The second-order valence-corrected chi connectivity index (χ2v) is 8.74. The third kappa shape index (κ3) is 2.66. The van der Waals surface area contributed by atoms with E-state index in [1.807, 2.05) is 37.3 Å². The van der Waals surface area contributed by atoms with Crippen LogP contribution in [-0.4, -0.2) is 28.8 Å². The maximum Gasteiger partial charge on any atom is 0.136 e. The summed E-state index contributed by atoms with van der Waals surface area (Å²) < 4.78 is 0. The van der Waals surface area contributed by atoms with Gasteiger partial charge >= 0.3 is 0 Å². The number of benzene rings is 1. The molecule has 2 N–H and O–H groups in total. The molecule has 0 unspecified atom stereocenters. The third-order valence-electron chi connectivity index (χ3n) is 6.26. The first-order valence-electron chi connectivity index (χ1n) is 9.30. The molecule has 0 radical (unpaired) electrons. The Morgan fingerprint density at radius 2 is 1.96 bits per heavy atom. The van der Waals surface area contributed by atoms with Gasteiger partial charge in [-0.1, -0.05) is 39.0 Å². The zero-order valence-corrected chi connectivity index (χ0v) is 16.0. The molecule has 0 spiro atoms. The fourth-order valence-electron chi connectivity index (χ4n) is 4.40. The van der Waals surface area contributed by atoms with Gasteiger partial charge in [-0.2, -0.15) is 0 Å². The molecule has 1 saturated carbocycles. The zero-order chi connectivity index (χ0) is 18.5. The van der Waals surface area contributed by atoms with Crippen molar-refractivity contribution in [3.8, 4) is 0 Å². The number of aromatic nitrogens is 2. The number of fused-ring (bicyclic) bond motifs is 1. The van der Waals surface area contributed by atoms with E-state index in [2.05, 4.69) is 36.0 Å². The number of hydrogen-bond acceptors (Lipinski definition) is 5. The number of anilines is 3. The maximum atomic E-state index is 7.58. The van der Waals surface area contributed by atoms with Crippen LogP contribution in [0.15, 0.2) is 30.3 Å². The SMILES string of the molecule is Cc1nc(Nc2ccccc2C=N)cc(N2CC3(C(C)(C)C)CC2C3)n1. The van der Waals surface area contributed by atoms with Gasteiger partial charge in [-0.3, -0.25) is 0 Å². The lowest BCUT2D eigenvalue weighted by Gasteiger charge is -2.47. The first-order chi connectivity index (χ1) is 12.3. The normalized spacial score (nSPS) is 24.3. The standard InChI is InChI=1S/C21H27N5/c1-14-23-18(25-17-8-6-5-7-15(17)12-22)9-19(24-14)26-13-21(20(2,3)4)10-16(26)11-21/h5-9,12,16,22H,10-11,13H2,1-4H3,(H,23,24,25). The predicted octanol–water partition coefficient (Wildman–Crippen LogP) is 4.54. The van der Waals surface area contributed by atoms with E-state index in [1.165, 1.54) is 19.1 Å². The molecule has 1 aliphatic carbocycles. The number of hydrogen-bond donors (Lipinski definition) is 2. The first kappa shape index (κ1) is 17.0. The van der Waals surface area contributed by atoms with Crippen LogP contribution in [0.4, 0.5) is 17.3 Å².